The first-order valence-corrected chi connectivity index (χ1v) is 9.24. The molecule has 1 amide bonds. The number of rotatable bonds is 6. The second-order valence-corrected chi connectivity index (χ2v) is 7.70. The summed E-state index contributed by atoms with van der Waals surface area (Å²) in [4.78, 5) is 12.3. The van der Waals surface area contributed by atoms with E-state index in [4.69, 9.17) is 0 Å². The highest BCUT2D eigenvalue weighted by molar-refractivity contribution is 7.91. The molecule has 0 unspecified atom stereocenters. The van der Waals surface area contributed by atoms with Crippen molar-refractivity contribution >= 4 is 15.7 Å². The van der Waals surface area contributed by atoms with Gasteiger partial charge < -0.3 is 5.32 Å². The molecule has 0 fully saturated rings. The van der Waals surface area contributed by atoms with Crippen molar-refractivity contribution in [2.24, 2.45) is 0 Å². The van der Waals surface area contributed by atoms with Crippen molar-refractivity contribution in [1.82, 2.24) is 5.32 Å². The van der Waals surface area contributed by atoms with Crippen LogP contribution >= 0.6 is 0 Å². The van der Waals surface area contributed by atoms with Crippen LogP contribution in [0.25, 0.3) is 0 Å². The molecular weight excluding hydrogens is 310 g/mol. The summed E-state index contributed by atoms with van der Waals surface area (Å²) < 4.78 is 23.5. The number of hydrogen-bond acceptors (Lipinski definition) is 3. The topological polar surface area (TPSA) is 63.2 Å². The summed E-state index contributed by atoms with van der Waals surface area (Å²) in [6.45, 7) is 4.11. The fourth-order valence-corrected chi connectivity index (χ4v) is 3.04. The number of benzene rings is 2. The second kappa shape index (κ2) is 7.42. The van der Waals surface area contributed by atoms with Crippen LogP contribution in [0.5, 0.6) is 0 Å². The average Bonchev–Trinajstić information content (AvgIpc) is 2.56. The van der Waals surface area contributed by atoms with Crippen LogP contribution < -0.4 is 5.32 Å². The van der Waals surface area contributed by atoms with Crippen LogP contribution in [0.4, 0.5) is 0 Å². The van der Waals surface area contributed by atoms with E-state index < -0.39 is 9.84 Å². The number of carbonyl (C=O) groups is 1. The summed E-state index contributed by atoms with van der Waals surface area (Å²) >= 11 is 0. The third-order valence-electron chi connectivity index (χ3n) is 3.68. The van der Waals surface area contributed by atoms with Crippen LogP contribution in [0, 0.1) is 6.92 Å². The van der Waals surface area contributed by atoms with Gasteiger partial charge in [0.05, 0.1) is 10.6 Å². The lowest BCUT2D eigenvalue weighted by Gasteiger charge is -2.07. The van der Waals surface area contributed by atoms with Crippen LogP contribution in [0.1, 0.15) is 28.4 Å². The van der Waals surface area contributed by atoms with Crippen molar-refractivity contribution in [2.75, 3.05) is 12.3 Å². The minimum atomic E-state index is -3.16. The largest absolute Gasteiger partial charge is 0.352 e. The minimum absolute atomic E-state index is 0.0962. The molecule has 0 aliphatic heterocycles. The van der Waals surface area contributed by atoms with Gasteiger partial charge in [-0.15, -0.1) is 0 Å². The van der Waals surface area contributed by atoms with Gasteiger partial charge in [-0.25, -0.2) is 8.42 Å². The molecule has 23 heavy (non-hydrogen) atoms. The first-order valence-electron chi connectivity index (χ1n) is 7.59. The van der Waals surface area contributed by atoms with Gasteiger partial charge in [0.15, 0.2) is 9.84 Å². The lowest BCUT2D eigenvalue weighted by molar-refractivity contribution is 0.0954. The molecule has 2 rings (SSSR count). The maximum Gasteiger partial charge on any atom is 0.251 e. The molecule has 0 aliphatic rings. The van der Waals surface area contributed by atoms with E-state index >= 15 is 0 Å². The van der Waals surface area contributed by atoms with Crippen molar-refractivity contribution in [3.05, 3.63) is 65.2 Å². The van der Waals surface area contributed by atoms with Crippen molar-refractivity contribution in [3.63, 3.8) is 0 Å². The van der Waals surface area contributed by atoms with Gasteiger partial charge >= 0.3 is 0 Å². The fraction of sp³-hybridized carbons (Fsp3) is 0.278. The molecule has 0 aromatic heterocycles. The maximum atomic E-state index is 12.0. The van der Waals surface area contributed by atoms with Gasteiger partial charge in [-0.05, 0) is 43.2 Å². The van der Waals surface area contributed by atoms with E-state index in [1.165, 1.54) is 0 Å². The Labute approximate surface area is 137 Å². The number of carbonyl (C=O) groups excluding carboxylic acids is 1. The Hall–Kier alpha value is -2.14. The normalized spacial score (nSPS) is 11.2. The molecule has 0 radical (unpaired) electrons. The molecular formula is C18H21NO3S. The SMILES string of the molecule is CCS(=O)(=O)c1ccc(CCNC(=O)c2ccc(C)cc2)cc1. The highest BCUT2D eigenvalue weighted by Crippen LogP contribution is 2.12. The summed E-state index contributed by atoms with van der Waals surface area (Å²) in [6.07, 6.45) is 0.657. The van der Waals surface area contributed by atoms with Crippen LogP contribution in [-0.2, 0) is 16.3 Å². The zero-order valence-corrected chi connectivity index (χ0v) is 14.2. The molecule has 0 saturated heterocycles. The molecule has 4 nitrogen and oxygen atoms in total. The average molecular weight is 331 g/mol. The predicted octanol–water partition coefficient (Wildman–Crippen LogP) is 2.76. The van der Waals surface area contributed by atoms with Gasteiger partial charge in [-0.3, -0.25) is 4.79 Å². The Kier molecular flexibility index (Phi) is 5.55. The van der Waals surface area contributed by atoms with E-state index in [1.807, 2.05) is 19.1 Å². The predicted molar refractivity (Wildman–Crippen MR) is 91.4 cm³/mol. The molecule has 0 atom stereocenters. The van der Waals surface area contributed by atoms with E-state index in [-0.39, 0.29) is 11.7 Å². The smallest absolute Gasteiger partial charge is 0.251 e. The molecule has 0 heterocycles. The van der Waals surface area contributed by atoms with E-state index in [0.717, 1.165) is 11.1 Å². The molecule has 0 saturated carbocycles. The molecule has 1 N–H and O–H groups in total. The molecule has 0 bridgehead atoms. The van der Waals surface area contributed by atoms with Gasteiger partial charge in [-0.2, -0.15) is 0 Å². The Bertz CT molecular complexity index is 763. The fourth-order valence-electron chi connectivity index (χ4n) is 2.16. The Morgan fingerprint density at radius 1 is 1.00 bits per heavy atom. The first-order chi connectivity index (χ1) is 10.9. The molecule has 2 aromatic rings. The maximum absolute atomic E-state index is 12.0. The number of hydrogen-bond donors (Lipinski definition) is 1. The summed E-state index contributed by atoms with van der Waals surface area (Å²) in [5.74, 6) is -0.00550. The van der Waals surface area contributed by atoms with E-state index in [1.54, 1.807) is 43.3 Å². The van der Waals surface area contributed by atoms with Crippen LogP contribution in [0.15, 0.2) is 53.4 Å². The zero-order chi connectivity index (χ0) is 16.9. The third-order valence-corrected chi connectivity index (χ3v) is 5.43. The standard InChI is InChI=1S/C18H21NO3S/c1-3-23(21,22)17-10-6-15(7-11-17)12-13-19-18(20)16-8-4-14(2)5-9-16/h4-11H,3,12-13H2,1-2H3,(H,19,20). The van der Waals surface area contributed by atoms with Crippen molar-refractivity contribution in [2.45, 2.75) is 25.2 Å². The van der Waals surface area contributed by atoms with Crippen LogP contribution in [-0.4, -0.2) is 26.6 Å². The van der Waals surface area contributed by atoms with Crippen molar-refractivity contribution < 1.29 is 13.2 Å². The number of aryl methyl sites for hydroxylation is 1. The number of nitrogens with one attached hydrogen (secondary N) is 1. The summed E-state index contributed by atoms with van der Waals surface area (Å²) in [6, 6.07) is 14.2. The highest BCUT2D eigenvalue weighted by Gasteiger charge is 2.10. The van der Waals surface area contributed by atoms with Crippen molar-refractivity contribution in [3.8, 4) is 0 Å². The van der Waals surface area contributed by atoms with Gasteiger partial charge in [0.25, 0.3) is 5.91 Å². The molecule has 5 heteroatoms. The first kappa shape index (κ1) is 17.2. The van der Waals surface area contributed by atoms with E-state index in [9.17, 15) is 13.2 Å². The lowest BCUT2D eigenvalue weighted by Crippen LogP contribution is -2.25. The lowest BCUT2D eigenvalue weighted by atomic mass is 10.1. The van der Waals surface area contributed by atoms with Gasteiger partial charge in [-0.1, -0.05) is 36.8 Å². The summed E-state index contributed by atoms with van der Waals surface area (Å²) in [7, 11) is -3.16. The minimum Gasteiger partial charge on any atom is -0.352 e. The van der Waals surface area contributed by atoms with E-state index in [2.05, 4.69) is 5.32 Å². The van der Waals surface area contributed by atoms with Crippen LogP contribution in [0.3, 0.4) is 0 Å². The zero-order valence-electron chi connectivity index (χ0n) is 13.4. The number of amides is 1. The van der Waals surface area contributed by atoms with Gasteiger partial charge in [0.1, 0.15) is 0 Å². The Balaban J connectivity index is 1.89. The summed E-state index contributed by atoms with van der Waals surface area (Å²) in [5, 5.41) is 2.87. The quantitative estimate of drug-likeness (QED) is 0.885. The van der Waals surface area contributed by atoms with Crippen molar-refractivity contribution in [1.29, 1.82) is 0 Å². The van der Waals surface area contributed by atoms with Crippen LogP contribution in [0.2, 0.25) is 0 Å². The summed E-state index contributed by atoms with van der Waals surface area (Å²) in [5.41, 5.74) is 2.74. The van der Waals surface area contributed by atoms with E-state index in [0.29, 0.717) is 23.4 Å². The monoisotopic (exact) mass is 331 g/mol. The Morgan fingerprint density at radius 3 is 2.17 bits per heavy atom. The van der Waals surface area contributed by atoms with Gasteiger partial charge in [0, 0.05) is 12.1 Å². The molecule has 122 valence electrons. The highest BCUT2D eigenvalue weighted by atomic mass is 32.2. The molecule has 2 aromatic carbocycles. The number of sulfone groups is 1. The molecule has 0 aliphatic carbocycles. The van der Waals surface area contributed by atoms with Gasteiger partial charge in [0.2, 0.25) is 0 Å². The second-order valence-electron chi connectivity index (χ2n) is 5.42. The third kappa shape index (κ3) is 4.66. The molecule has 0 spiro atoms. The Morgan fingerprint density at radius 2 is 1.61 bits per heavy atom.